The van der Waals surface area contributed by atoms with Crippen LogP contribution in [0.25, 0.3) is 0 Å². The van der Waals surface area contributed by atoms with Crippen LogP contribution < -0.4 is 9.47 Å². The first kappa shape index (κ1) is 30.8. The third kappa shape index (κ3) is 7.53. The van der Waals surface area contributed by atoms with Gasteiger partial charge in [-0.1, -0.05) is 53.7 Å². The summed E-state index contributed by atoms with van der Waals surface area (Å²) in [5, 5.41) is 0. The van der Waals surface area contributed by atoms with Crippen LogP contribution in [0.5, 0.6) is 11.5 Å². The van der Waals surface area contributed by atoms with E-state index in [-0.39, 0.29) is 16.7 Å². The van der Waals surface area contributed by atoms with Gasteiger partial charge in [-0.25, -0.2) is 0 Å². The van der Waals surface area contributed by atoms with Gasteiger partial charge in [-0.2, -0.15) is 34.8 Å². The van der Waals surface area contributed by atoms with Crippen LogP contribution in [0, 0.1) is 10.8 Å². The molecule has 0 aliphatic carbocycles. The van der Waals surface area contributed by atoms with Gasteiger partial charge in [0.1, 0.15) is 11.5 Å². The molecule has 208 valence electrons. The van der Waals surface area contributed by atoms with Gasteiger partial charge in [0.15, 0.2) is 0 Å². The molecule has 0 bridgehead atoms. The van der Waals surface area contributed by atoms with E-state index in [1.165, 1.54) is 12.1 Å². The van der Waals surface area contributed by atoms with E-state index in [1.54, 1.807) is 0 Å². The van der Waals surface area contributed by atoms with E-state index >= 15 is 0 Å². The molecule has 5 nitrogen and oxygen atoms in total. The topological polar surface area (TPSA) is 72.8 Å². The Bertz CT molecular complexity index is 1170. The number of alkyl halides is 6. The number of rotatable bonds is 9. The van der Waals surface area contributed by atoms with Gasteiger partial charge in [0.25, 0.3) is 10.1 Å². The normalized spacial score (nSPS) is 14.8. The first-order valence-electron chi connectivity index (χ1n) is 11.2. The van der Waals surface area contributed by atoms with E-state index in [2.05, 4.69) is 9.47 Å². The van der Waals surface area contributed by atoms with Crippen molar-refractivity contribution >= 4 is 10.1 Å². The van der Waals surface area contributed by atoms with Crippen LogP contribution in [-0.4, -0.2) is 31.1 Å². The van der Waals surface area contributed by atoms with Crippen LogP contribution >= 0.6 is 0 Å². The van der Waals surface area contributed by atoms with Crippen molar-refractivity contribution < 1.29 is 48.8 Å². The maximum atomic E-state index is 14.3. The zero-order chi connectivity index (χ0) is 28.7. The highest BCUT2D eigenvalue weighted by molar-refractivity contribution is 7.85. The van der Waals surface area contributed by atoms with Crippen LogP contribution in [0.15, 0.2) is 53.4 Å². The molecule has 0 aromatic heterocycles. The van der Waals surface area contributed by atoms with E-state index in [9.17, 15) is 34.8 Å². The predicted octanol–water partition coefficient (Wildman–Crippen LogP) is 7.78. The van der Waals surface area contributed by atoms with E-state index in [1.807, 2.05) is 41.5 Å². The van der Waals surface area contributed by atoms with Gasteiger partial charge in [0.2, 0.25) is 0 Å². The first-order chi connectivity index (χ1) is 16.5. The summed E-state index contributed by atoms with van der Waals surface area (Å²) < 4.78 is 124. The van der Waals surface area contributed by atoms with Gasteiger partial charge in [0, 0.05) is 0 Å². The van der Waals surface area contributed by atoms with Crippen LogP contribution in [0.2, 0.25) is 0 Å². The Morgan fingerprint density at radius 3 is 1.43 bits per heavy atom. The van der Waals surface area contributed by atoms with Crippen molar-refractivity contribution in [3.05, 3.63) is 54.1 Å². The second kappa shape index (κ2) is 10.0. The Balaban J connectivity index is 2.25. The summed E-state index contributed by atoms with van der Waals surface area (Å²) in [5.74, 6) is -7.97. The van der Waals surface area contributed by atoms with Gasteiger partial charge in [-0.3, -0.25) is 4.55 Å². The quantitative estimate of drug-likeness (QED) is 0.252. The van der Waals surface area contributed by atoms with Crippen molar-refractivity contribution in [2.75, 3.05) is 0 Å². The highest BCUT2D eigenvalue weighted by Gasteiger charge is 2.77. The minimum absolute atomic E-state index is 0.0200. The lowest BCUT2D eigenvalue weighted by Crippen LogP contribution is -2.59. The summed E-state index contributed by atoms with van der Waals surface area (Å²) in [6, 6.07) is 7.00. The number of hydrogen-bond donors (Lipinski definition) is 1. The fourth-order valence-corrected chi connectivity index (χ4v) is 4.06. The maximum absolute atomic E-state index is 14.3. The molecule has 0 aliphatic rings. The third-order valence-corrected chi connectivity index (χ3v) is 6.36. The Labute approximate surface area is 212 Å². The lowest BCUT2D eigenvalue weighted by Gasteiger charge is -2.36. The van der Waals surface area contributed by atoms with Crippen LogP contribution in [0.3, 0.4) is 0 Å². The van der Waals surface area contributed by atoms with Crippen molar-refractivity contribution in [3.8, 4) is 11.5 Å². The number of ether oxygens (including phenoxy) is 2. The molecule has 2 aromatic carbocycles. The summed E-state index contributed by atoms with van der Waals surface area (Å²) >= 11 is 0. The molecule has 12 heteroatoms. The summed E-state index contributed by atoms with van der Waals surface area (Å²) in [4.78, 5) is -0.747. The van der Waals surface area contributed by atoms with Crippen molar-refractivity contribution in [1.82, 2.24) is 0 Å². The zero-order valence-electron chi connectivity index (χ0n) is 21.2. The van der Waals surface area contributed by atoms with Crippen LogP contribution in [0.1, 0.15) is 59.4 Å². The monoisotopic (exact) mass is 556 g/mol. The van der Waals surface area contributed by atoms with Gasteiger partial charge < -0.3 is 9.47 Å². The highest BCUT2D eigenvalue weighted by atomic mass is 32.2. The SMILES string of the molecule is CC(C)(C)CC(c1ccc(OC(F)(F)C(F)(F)C(F)(F)Oc2ccc(S(=O)(=O)O)cc2)cc1)C(C)(C)C. The number of hydrogen-bond acceptors (Lipinski definition) is 4. The molecule has 0 amide bonds. The second-order valence-corrected chi connectivity index (χ2v) is 12.4. The minimum atomic E-state index is -6.14. The van der Waals surface area contributed by atoms with Crippen LogP contribution in [-0.2, 0) is 10.1 Å². The smallest absolute Gasteiger partial charge is 0.428 e. The summed E-state index contributed by atoms with van der Waals surface area (Å²) in [5.41, 5.74) is 0.457. The highest BCUT2D eigenvalue weighted by Crippen LogP contribution is 2.48. The fraction of sp³-hybridized carbons (Fsp3) is 0.520. The molecule has 0 fully saturated rings. The fourth-order valence-electron chi connectivity index (χ4n) is 3.58. The molecular formula is C25H30F6O5S. The Morgan fingerprint density at radius 2 is 1.11 bits per heavy atom. The molecule has 1 atom stereocenters. The molecule has 0 saturated carbocycles. The van der Waals surface area contributed by atoms with Crippen molar-refractivity contribution in [2.24, 2.45) is 10.8 Å². The number of benzene rings is 2. The van der Waals surface area contributed by atoms with Gasteiger partial charge in [0.05, 0.1) is 4.90 Å². The number of halogens is 6. The van der Waals surface area contributed by atoms with E-state index in [4.69, 9.17) is 4.55 Å². The van der Waals surface area contributed by atoms with E-state index in [0.29, 0.717) is 24.3 Å². The molecular weight excluding hydrogens is 526 g/mol. The van der Waals surface area contributed by atoms with Gasteiger partial charge >= 0.3 is 18.1 Å². The van der Waals surface area contributed by atoms with Crippen molar-refractivity contribution in [2.45, 2.75) is 76.9 Å². The Hall–Kier alpha value is -2.47. The predicted molar refractivity (Wildman–Crippen MR) is 125 cm³/mol. The molecule has 0 aliphatic heterocycles. The molecule has 0 radical (unpaired) electrons. The minimum Gasteiger partial charge on any atom is -0.428 e. The average molecular weight is 557 g/mol. The average Bonchev–Trinajstić information content (AvgIpc) is 2.70. The van der Waals surface area contributed by atoms with Crippen molar-refractivity contribution in [3.63, 3.8) is 0 Å². The maximum Gasteiger partial charge on any atom is 0.475 e. The molecule has 0 saturated heterocycles. The molecule has 37 heavy (non-hydrogen) atoms. The molecule has 0 spiro atoms. The molecule has 2 aromatic rings. The third-order valence-electron chi connectivity index (χ3n) is 5.49. The Kier molecular flexibility index (Phi) is 8.32. The summed E-state index contributed by atoms with van der Waals surface area (Å²) in [6.45, 7) is 12.1. The summed E-state index contributed by atoms with van der Waals surface area (Å²) in [7, 11) is -4.71. The summed E-state index contributed by atoms with van der Waals surface area (Å²) in [6.07, 6.45) is -10.7. The lowest BCUT2D eigenvalue weighted by atomic mass is 9.69. The van der Waals surface area contributed by atoms with Gasteiger partial charge in [-0.15, -0.1) is 0 Å². The van der Waals surface area contributed by atoms with Crippen molar-refractivity contribution in [1.29, 1.82) is 0 Å². The standard InChI is InChI=1S/C25H30F6O5S/c1-21(2,3)15-20(22(4,5)6)16-7-9-17(10-8-16)35-24(28,29)23(26,27)25(30,31)36-18-11-13-19(14-12-18)37(32,33)34/h7-14,20H,15H2,1-6H3,(H,32,33,34). The largest absolute Gasteiger partial charge is 0.475 e. The Morgan fingerprint density at radius 1 is 0.730 bits per heavy atom. The van der Waals surface area contributed by atoms with Gasteiger partial charge in [-0.05, 0) is 65.1 Å². The first-order valence-corrected chi connectivity index (χ1v) is 12.6. The molecule has 2 rings (SSSR count). The molecule has 0 heterocycles. The van der Waals surface area contributed by atoms with E-state index < -0.39 is 44.7 Å². The van der Waals surface area contributed by atoms with Crippen LogP contribution in [0.4, 0.5) is 26.3 Å². The molecule has 1 N–H and O–H groups in total. The lowest BCUT2D eigenvalue weighted by molar-refractivity contribution is -0.415. The van der Waals surface area contributed by atoms with E-state index in [0.717, 1.165) is 24.1 Å². The zero-order valence-corrected chi connectivity index (χ0v) is 22.0. The molecule has 1 unspecified atom stereocenters. The second-order valence-electron chi connectivity index (χ2n) is 11.0.